The molecular formula is C14H14FN3O. The van der Waals surface area contributed by atoms with Crippen LogP contribution in [0.4, 0.5) is 4.39 Å². The van der Waals surface area contributed by atoms with Gasteiger partial charge in [-0.15, -0.1) is 5.10 Å². The molecule has 0 saturated carbocycles. The lowest BCUT2D eigenvalue weighted by Crippen LogP contribution is -2.26. The Bertz CT molecular complexity index is 552. The summed E-state index contributed by atoms with van der Waals surface area (Å²) in [4.78, 5) is 11.7. The predicted octanol–water partition coefficient (Wildman–Crippen LogP) is 1.90. The van der Waals surface area contributed by atoms with Crippen LogP contribution in [0, 0.1) is 12.7 Å². The Balaban J connectivity index is 1.84. The second kappa shape index (κ2) is 6.04. The molecule has 4 nitrogen and oxygen atoms in total. The van der Waals surface area contributed by atoms with Crippen molar-refractivity contribution in [2.45, 2.75) is 13.3 Å². The summed E-state index contributed by atoms with van der Waals surface area (Å²) in [7, 11) is 0. The third kappa shape index (κ3) is 3.84. The zero-order valence-electron chi connectivity index (χ0n) is 10.6. The highest BCUT2D eigenvalue weighted by Gasteiger charge is 2.06. The molecule has 0 fully saturated rings. The maximum Gasteiger partial charge on any atom is 0.271 e. The summed E-state index contributed by atoms with van der Waals surface area (Å²) in [5.41, 5.74) is 2.03. The van der Waals surface area contributed by atoms with Crippen LogP contribution < -0.4 is 5.32 Å². The van der Waals surface area contributed by atoms with Gasteiger partial charge in [0.05, 0.1) is 5.69 Å². The van der Waals surface area contributed by atoms with Gasteiger partial charge in [0.1, 0.15) is 5.82 Å². The number of rotatable bonds is 4. The van der Waals surface area contributed by atoms with Crippen LogP contribution in [0.1, 0.15) is 21.7 Å². The van der Waals surface area contributed by atoms with Crippen molar-refractivity contribution < 1.29 is 9.18 Å². The van der Waals surface area contributed by atoms with Crippen molar-refractivity contribution in [3.05, 3.63) is 59.2 Å². The fourth-order valence-electron chi connectivity index (χ4n) is 1.58. The van der Waals surface area contributed by atoms with E-state index in [9.17, 15) is 9.18 Å². The Kier molecular flexibility index (Phi) is 4.18. The highest BCUT2D eigenvalue weighted by molar-refractivity contribution is 5.91. The topological polar surface area (TPSA) is 54.9 Å². The van der Waals surface area contributed by atoms with Gasteiger partial charge in [0.2, 0.25) is 0 Å². The van der Waals surface area contributed by atoms with E-state index in [4.69, 9.17) is 0 Å². The van der Waals surface area contributed by atoms with Crippen molar-refractivity contribution in [3.63, 3.8) is 0 Å². The number of nitrogens with zero attached hydrogens (tertiary/aromatic N) is 2. The third-order valence-electron chi connectivity index (χ3n) is 2.64. The first-order valence-electron chi connectivity index (χ1n) is 5.98. The number of benzene rings is 1. The van der Waals surface area contributed by atoms with E-state index >= 15 is 0 Å². The van der Waals surface area contributed by atoms with E-state index in [-0.39, 0.29) is 11.7 Å². The van der Waals surface area contributed by atoms with Crippen LogP contribution in [0.3, 0.4) is 0 Å². The van der Waals surface area contributed by atoms with Crippen LogP contribution in [0.25, 0.3) is 0 Å². The van der Waals surface area contributed by atoms with E-state index in [1.807, 2.05) is 6.92 Å². The number of hydrogen-bond acceptors (Lipinski definition) is 3. The van der Waals surface area contributed by atoms with E-state index in [1.165, 1.54) is 12.1 Å². The van der Waals surface area contributed by atoms with Gasteiger partial charge in [-0.1, -0.05) is 12.1 Å². The van der Waals surface area contributed by atoms with Crippen LogP contribution >= 0.6 is 0 Å². The molecular weight excluding hydrogens is 245 g/mol. The van der Waals surface area contributed by atoms with E-state index in [1.54, 1.807) is 24.3 Å². The Morgan fingerprint density at radius 2 is 1.89 bits per heavy atom. The van der Waals surface area contributed by atoms with Crippen molar-refractivity contribution in [1.82, 2.24) is 15.5 Å². The van der Waals surface area contributed by atoms with Crippen LogP contribution in [-0.2, 0) is 6.42 Å². The van der Waals surface area contributed by atoms with Crippen molar-refractivity contribution in [3.8, 4) is 0 Å². The lowest BCUT2D eigenvalue weighted by molar-refractivity contribution is 0.0948. The number of amides is 1. The maximum absolute atomic E-state index is 12.7. The molecule has 0 bridgehead atoms. The molecule has 1 aromatic carbocycles. The second-order valence-electron chi connectivity index (χ2n) is 4.19. The van der Waals surface area contributed by atoms with Crippen molar-refractivity contribution >= 4 is 5.91 Å². The first-order chi connectivity index (χ1) is 9.15. The molecule has 1 aromatic heterocycles. The summed E-state index contributed by atoms with van der Waals surface area (Å²) >= 11 is 0. The number of nitrogens with one attached hydrogen (secondary N) is 1. The van der Waals surface area contributed by atoms with Crippen LogP contribution in [0.5, 0.6) is 0 Å². The van der Waals surface area contributed by atoms with Gasteiger partial charge >= 0.3 is 0 Å². The van der Waals surface area contributed by atoms with Crippen molar-refractivity contribution in [1.29, 1.82) is 0 Å². The van der Waals surface area contributed by atoms with Crippen LogP contribution in [0.2, 0.25) is 0 Å². The number of halogens is 1. The minimum Gasteiger partial charge on any atom is -0.350 e. The average Bonchev–Trinajstić information content (AvgIpc) is 2.41. The van der Waals surface area contributed by atoms with Gasteiger partial charge in [0.15, 0.2) is 5.69 Å². The first kappa shape index (κ1) is 13.1. The Morgan fingerprint density at radius 1 is 1.16 bits per heavy atom. The van der Waals surface area contributed by atoms with E-state index in [0.717, 1.165) is 11.3 Å². The molecule has 0 aliphatic rings. The normalized spacial score (nSPS) is 10.2. The SMILES string of the molecule is Cc1ccc(C(=O)NCCc2ccc(F)cc2)nn1. The number of hydrogen-bond donors (Lipinski definition) is 1. The molecule has 0 radical (unpaired) electrons. The Hall–Kier alpha value is -2.30. The lowest BCUT2D eigenvalue weighted by Gasteiger charge is -2.04. The van der Waals surface area contributed by atoms with E-state index in [2.05, 4.69) is 15.5 Å². The monoisotopic (exact) mass is 259 g/mol. The molecule has 0 aliphatic heterocycles. The first-order valence-corrected chi connectivity index (χ1v) is 5.98. The van der Waals surface area contributed by atoms with E-state index in [0.29, 0.717) is 18.7 Å². The van der Waals surface area contributed by atoms with Gasteiger partial charge < -0.3 is 5.32 Å². The highest BCUT2D eigenvalue weighted by Crippen LogP contribution is 2.03. The highest BCUT2D eigenvalue weighted by atomic mass is 19.1. The van der Waals surface area contributed by atoms with Crippen molar-refractivity contribution in [2.24, 2.45) is 0 Å². The van der Waals surface area contributed by atoms with Crippen molar-refractivity contribution in [2.75, 3.05) is 6.54 Å². The van der Waals surface area contributed by atoms with Gasteiger partial charge in [0, 0.05) is 6.54 Å². The number of carbonyl (C=O) groups is 1. The van der Waals surface area contributed by atoms with Gasteiger partial charge in [-0.2, -0.15) is 5.10 Å². The molecule has 5 heteroatoms. The number of aromatic nitrogens is 2. The van der Waals surface area contributed by atoms with Gasteiger partial charge in [-0.05, 0) is 43.2 Å². The summed E-state index contributed by atoms with van der Waals surface area (Å²) in [5.74, 6) is -0.516. The average molecular weight is 259 g/mol. The number of aryl methyl sites for hydroxylation is 1. The molecule has 19 heavy (non-hydrogen) atoms. The molecule has 2 aromatic rings. The van der Waals surface area contributed by atoms with Gasteiger partial charge in [-0.25, -0.2) is 4.39 Å². The molecule has 98 valence electrons. The molecule has 0 atom stereocenters. The quantitative estimate of drug-likeness (QED) is 0.912. The Labute approximate surface area is 110 Å². The standard InChI is InChI=1S/C14H14FN3O/c1-10-2-7-13(18-17-10)14(19)16-9-8-11-3-5-12(15)6-4-11/h2-7H,8-9H2,1H3,(H,16,19). The van der Waals surface area contributed by atoms with Gasteiger partial charge in [0.25, 0.3) is 5.91 Å². The summed E-state index contributed by atoms with van der Waals surface area (Å²) in [6.45, 7) is 2.28. The maximum atomic E-state index is 12.7. The smallest absolute Gasteiger partial charge is 0.271 e. The molecule has 1 heterocycles. The third-order valence-corrected chi connectivity index (χ3v) is 2.64. The zero-order chi connectivity index (χ0) is 13.7. The molecule has 2 rings (SSSR count). The molecule has 0 unspecified atom stereocenters. The fourth-order valence-corrected chi connectivity index (χ4v) is 1.58. The molecule has 0 saturated heterocycles. The molecule has 0 aliphatic carbocycles. The van der Waals surface area contributed by atoms with Crippen LogP contribution in [0.15, 0.2) is 36.4 Å². The summed E-state index contributed by atoms with van der Waals surface area (Å²) in [6.07, 6.45) is 0.644. The summed E-state index contributed by atoms with van der Waals surface area (Å²) in [6, 6.07) is 9.59. The number of carbonyl (C=O) groups excluding carboxylic acids is 1. The minimum absolute atomic E-state index is 0.255. The molecule has 1 N–H and O–H groups in total. The van der Waals surface area contributed by atoms with Crippen LogP contribution in [-0.4, -0.2) is 22.6 Å². The molecule has 1 amide bonds. The summed E-state index contributed by atoms with van der Waals surface area (Å²) < 4.78 is 12.7. The minimum atomic E-state index is -0.261. The Morgan fingerprint density at radius 3 is 2.53 bits per heavy atom. The largest absolute Gasteiger partial charge is 0.350 e. The predicted molar refractivity (Wildman–Crippen MR) is 69.2 cm³/mol. The molecule has 0 spiro atoms. The lowest BCUT2D eigenvalue weighted by atomic mass is 10.1. The van der Waals surface area contributed by atoms with Gasteiger partial charge in [-0.3, -0.25) is 4.79 Å². The second-order valence-corrected chi connectivity index (χ2v) is 4.19. The van der Waals surface area contributed by atoms with E-state index < -0.39 is 0 Å². The summed E-state index contributed by atoms with van der Waals surface area (Å²) in [5, 5.41) is 10.4. The fraction of sp³-hybridized carbons (Fsp3) is 0.214. The zero-order valence-corrected chi connectivity index (χ0v) is 10.6.